The second kappa shape index (κ2) is 5.84. The molecule has 19 heavy (non-hydrogen) atoms. The lowest BCUT2D eigenvalue weighted by Gasteiger charge is -2.16. The molecule has 1 aromatic rings. The Morgan fingerprint density at radius 3 is 2.79 bits per heavy atom. The van der Waals surface area contributed by atoms with Crippen molar-refractivity contribution in [1.82, 2.24) is 0 Å². The molecule has 0 amide bonds. The van der Waals surface area contributed by atoms with Crippen LogP contribution in [0.4, 0.5) is 0 Å². The SMILES string of the molecule is CCOC(=O)C1CC(C(O)c2ccccc2)OC1=O. The zero-order chi connectivity index (χ0) is 13.8. The van der Waals surface area contributed by atoms with Gasteiger partial charge in [-0.2, -0.15) is 0 Å². The lowest BCUT2D eigenvalue weighted by Crippen LogP contribution is -2.22. The van der Waals surface area contributed by atoms with Gasteiger partial charge in [-0.1, -0.05) is 30.3 Å². The number of ether oxygens (including phenoxy) is 2. The van der Waals surface area contributed by atoms with Crippen LogP contribution in [0.25, 0.3) is 0 Å². The van der Waals surface area contributed by atoms with Gasteiger partial charge in [0.25, 0.3) is 0 Å². The zero-order valence-corrected chi connectivity index (χ0v) is 10.6. The first-order valence-electron chi connectivity index (χ1n) is 6.23. The number of cyclic esters (lactones) is 1. The van der Waals surface area contributed by atoms with Gasteiger partial charge in [0.1, 0.15) is 12.2 Å². The van der Waals surface area contributed by atoms with Crippen LogP contribution in [0.3, 0.4) is 0 Å². The maximum atomic E-state index is 11.6. The van der Waals surface area contributed by atoms with Gasteiger partial charge >= 0.3 is 11.9 Å². The second-order valence-corrected chi connectivity index (χ2v) is 4.37. The van der Waals surface area contributed by atoms with Crippen molar-refractivity contribution in [1.29, 1.82) is 0 Å². The fourth-order valence-electron chi connectivity index (χ4n) is 2.10. The highest BCUT2D eigenvalue weighted by Crippen LogP contribution is 2.31. The monoisotopic (exact) mass is 264 g/mol. The Morgan fingerprint density at radius 2 is 2.16 bits per heavy atom. The van der Waals surface area contributed by atoms with E-state index in [4.69, 9.17) is 9.47 Å². The highest BCUT2D eigenvalue weighted by Gasteiger charge is 2.43. The molecule has 5 heteroatoms. The van der Waals surface area contributed by atoms with Crippen molar-refractivity contribution in [3.05, 3.63) is 35.9 Å². The standard InChI is InChI=1S/C14H16O5/c1-2-18-13(16)10-8-11(19-14(10)17)12(15)9-6-4-3-5-7-9/h3-7,10-12,15H,2,8H2,1H3. The summed E-state index contributed by atoms with van der Waals surface area (Å²) >= 11 is 0. The molecule has 5 nitrogen and oxygen atoms in total. The highest BCUT2D eigenvalue weighted by molar-refractivity contribution is 5.96. The van der Waals surface area contributed by atoms with Crippen LogP contribution in [0, 0.1) is 5.92 Å². The van der Waals surface area contributed by atoms with Gasteiger partial charge in [0.05, 0.1) is 6.61 Å². The number of aliphatic hydroxyl groups is 1. The number of aliphatic hydroxyl groups excluding tert-OH is 1. The molecule has 0 spiro atoms. The predicted molar refractivity (Wildman–Crippen MR) is 66.0 cm³/mol. The van der Waals surface area contributed by atoms with E-state index in [0.29, 0.717) is 5.56 Å². The third kappa shape index (κ3) is 2.93. The number of hydrogen-bond donors (Lipinski definition) is 1. The van der Waals surface area contributed by atoms with E-state index in [1.807, 2.05) is 6.07 Å². The van der Waals surface area contributed by atoms with E-state index in [0.717, 1.165) is 0 Å². The molecular weight excluding hydrogens is 248 g/mol. The largest absolute Gasteiger partial charge is 0.465 e. The van der Waals surface area contributed by atoms with Crippen molar-refractivity contribution < 1.29 is 24.2 Å². The molecule has 1 aliphatic heterocycles. The lowest BCUT2D eigenvalue weighted by atomic mass is 9.98. The Labute approximate surface area is 111 Å². The first-order chi connectivity index (χ1) is 9.13. The van der Waals surface area contributed by atoms with Crippen LogP contribution >= 0.6 is 0 Å². The van der Waals surface area contributed by atoms with Gasteiger partial charge < -0.3 is 14.6 Å². The average molecular weight is 264 g/mol. The van der Waals surface area contributed by atoms with Gasteiger partial charge in [0, 0.05) is 6.42 Å². The summed E-state index contributed by atoms with van der Waals surface area (Å²) in [6, 6.07) is 8.90. The van der Waals surface area contributed by atoms with Crippen molar-refractivity contribution >= 4 is 11.9 Å². The molecule has 1 heterocycles. The van der Waals surface area contributed by atoms with E-state index in [1.54, 1.807) is 31.2 Å². The van der Waals surface area contributed by atoms with Crippen molar-refractivity contribution in [2.24, 2.45) is 5.92 Å². The van der Waals surface area contributed by atoms with Gasteiger partial charge in [-0.15, -0.1) is 0 Å². The highest BCUT2D eigenvalue weighted by atomic mass is 16.6. The van der Waals surface area contributed by atoms with Crippen LogP contribution in [-0.2, 0) is 19.1 Å². The normalized spacial score (nSPS) is 23.8. The van der Waals surface area contributed by atoms with E-state index >= 15 is 0 Å². The fourth-order valence-corrected chi connectivity index (χ4v) is 2.10. The first-order valence-corrected chi connectivity index (χ1v) is 6.23. The predicted octanol–water partition coefficient (Wildman–Crippen LogP) is 1.21. The van der Waals surface area contributed by atoms with E-state index in [1.165, 1.54) is 0 Å². The summed E-state index contributed by atoms with van der Waals surface area (Å²) in [5, 5.41) is 10.1. The molecule has 1 aromatic carbocycles. The molecule has 2 rings (SSSR count). The quantitative estimate of drug-likeness (QED) is 0.653. The summed E-state index contributed by atoms with van der Waals surface area (Å²) in [5.74, 6) is -2.14. The number of hydrogen-bond acceptors (Lipinski definition) is 5. The Bertz CT molecular complexity index is 456. The maximum Gasteiger partial charge on any atom is 0.320 e. The summed E-state index contributed by atoms with van der Waals surface area (Å²) in [6.07, 6.45) is -1.48. The van der Waals surface area contributed by atoms with Gasteiger partial charge in [-0.25, -0.2) is 0 Å². The van der Waals surface area contributed by atoms with Crippen molar-refractivity contribution in [3.63, 3.8) is 0 Å². The fraction of sp³-hybridized carbons (Fsp3) is 0.429. The summed E-state index contributed by atoms with van der Waals surface area (Å²) < 4.78 is 9.88. The van der Waals surface area contributed by atoms with Crippen LogP contribution in [0.15, 0.2) is 30.3 Å². The Balaban J connectivity index is 2.05. The van der Waals surface area contributed by atoms with Crippen molar-refractivity contribution in [2.45, 2.75) is 25.6 Å². The van der Waals surface area contributed by atoms with Gasteiger partial charge in [-0.05, 0) is 12.5 Å². The molecule has 3 atom stereocenters. The molecule has 0 bridgehead atoms. The Hall–Kier alpha value is -1.88. The molecule has 0 radical (unpaired) electrons. The van der Waals surface area contributed by atoms with E-state index in [-0.39, 0.29) is 13.0 Å². The zero-order valence-electron chi connectivity index (χ0n) is 10.6. The number of carbonyl (C=O) groups excluding carboxylic acids is 2. The molecule has 0 aliphatic carbocycles. The first kappa shape index (κ1) is 13.5. The topological polar surface area (TPSA) is 72.8 Å². The minimum absolute atomic E-state index is 0.147. The molecule has 1 aliphatic rings. The summed E-state index contributed by atoms with van der Waals surface area (Å²) in [5.41, 5.74) is 0.657. The molecule has 1 fully saturated rings. The van der Waals surface area contributed by atoms with Crippen LogP contribution in [0.5, 0.6) is 0 Å². The minimum Gasteiger partial charge on any atom is -0.465 e. The molecule has 3 unspecified atom stereocenters. The summed E-state index contributed by atoms with van der Waals surface area (Å²) in [6.45, 7) is 1.89. The average Bonchev–Trinajstić information content (AvgIpc) is 2.81. The summed E-state index contributed by atoms with van der Waals surface area (Å²) in [7, 11) is 0. The number of esters is 2. The van der Waals surface area contributed by atoms with Crippen LogP contribution in [0.1, 0.15) is 25.0 Å². The van der Waals surface area contributed by atoms with Crippen LogP contribution in [-0.4, -0.2) is 29.8 Å². The summed E-state index contributed by atoms with van der Waals surface area (Å²) in [4.78, 5) is 23.2. The van der Waals surface area contributed by atoms with Crippen LogP contribution in [0.2, 0.25) is 0 Å². The second-order valence-electron chi connectivity index (χ2n) is 4.37. The smallest absolute Gasteiger partial charge is 0.320 e. The number of benzene rings is 1. The molecule has 0 saturated carbocycles. The number of rotatable bonds is 4. The van der Waals surface area contributed by atoms with E-state index < -0.39 is 30.1 Å². The van der Waals surface area contributed by atoms with E-state index in [2.05, 4.69) is 0 Å². The molecular formula is C14H16O5. The van der Waals surface area contributed by atoms with Crippen LogP contribution < -0.4 is 0 Å². The third-order valence-corrected chi connectivity index (χ3v) is 3.08. The molecule has 102 valence electrons. The maximum absolute atomic E-state index is 11.6. The molecule has 0 aromatic heterocycles. The van der Waals surface area contributed by atoms with Gasteiger partial charge in [0.2, 0.25) is 0 Å². The van der Waals surface area contributed by atoms with Crippen molar-refractivity contribution in [3.8, 4) is 0 Å². The molecule has 1 saturated heterocycles. The lowest BCUT2D eigenvalue weighted by molar-refractivity contribution is -0.157. The van der Waals surface area contributed by atoms with Gasteiger partial charge in [0.15, 0.2) is 5.92 Å². The van der Waals surface area contributed by atoms with Gasteiger partial charge in [-0.3, -0.25) is 9.59 Å². The van der Waals surface area contributed by atoms with Crippen molar-refractivity contribution in [2.75, 3.05) is 6.61 Å². The Kier molecular flexibility index (Phi) is 4.16. The Morgan fingerprint density at radius 1 is 1.47 bits per heavy atom. The third-order valence-electron chi connectivity index (χ3n) is 3.08. The van der Waals surface area contributed by atoms with E-state index in [9.17, 15) is 14.7 Å². The number of carbonyl (C=O) groups is 2. The minimum atomic E-state index is -0.927. The molecule has 1 N–H and O–H groups in total.